The van der Waals surface area contributed by atoms with Crippen molar-refractivity contribution in [3.8, 4) is 0 Å². The summed E-state index contributed by atoms with van der Waals surface area (Å²) in [6.07, 6.45) is 1.13. The monoisotopic (exact) mass is 300 g/mol. The van der Waals surface area contributed by atoms with E-state index in [0.29, 0.717) is 13.0 Å². The average molecular weight is 300 g/mol. The molecule has 0 aliphatic carbocycles. The quantitative estimate of drug-likeness (QED) is 0.842. The van der Waals surface area contributed by atoms with Gasteiger partial charge in [0.05, 0.1) is 6.04 Å². The van der Waals surface area contributed by atoms with Crippen molar-refractivity contribution in [3.05, 3.63) is 35.9 Å². The molecule has 4 nitrogen and oxygen atoms in total. The molecule has 1 aromatic carbocycles. The Morgan fingerprint density at radius 3 is 2.50 bits per heavy atom. The van der Waals surface area contributed by atoms with E-state index < -0.39 is 0 Å². The molecule has 4 heteroatoms. The molecule has 0 N–H and O–H groups in total. The fraction of sp³-hybridized carbons (Fsp3) is 0.556. The van der Waals surface area contributed by atoms with Gasteiger partial charge in [-0.15, -0.1) is 0 Å². The Kier molecular flexibility index (Phi) is 3.71. The molecule has 2 aliphatic rings. The lowest BCUT2D eigenvalue weighted by Gasteiger charge is -2.55. The first-order chi connectivity index (χ1) is 10.4. The van der Waals surface area contributed by atoms with Crippen LogP contribution in [-0.4, -0.2) is 41.8 Å². The van der Waals surface area contributed by atoms with Crippen LogP contribution in [0, 0.1) is 11.3 Å². The molecule has 2 aliphatic heterocycles. The van der Waals surface area contributed by atoms with Crippen LogP contribution >= 0.6 is 0 Å². The summed E-state index contributed by atoms with van der Waals surface area (Å²) in [5.41, 5.74) is 1.28. The number of rotatable bonds is 2. The van der Waals surface area contributed by atoms with E-state index in [1.807, 2.05) is 30.1 Å². The van der Waals surface area contributed by atoms with E-state index in [-0.39, 0.29) is 29.2 Å². The van der Waals surface area contributed by atoms with Gasteiger partial charge in [0.1, 0.15) is 0 Å². The number of amides is 2. The molecule has 2 amide bonds. The molecule has 2 saturated heterocycles. The highest BCUT2D eigenvalue weighted by molar-refractivity contribution is 5.87. The Morgan fingerprint density at radius 2 is 1.91 bits per heavy atom. The Bertz CT molecular complexity index is 582. The number of hydrogen-bond donors (Lipinski definition) is 0. The third-order valence-electron chi connectivity index (χ3n) is 5.04. The minimum Gasteiger partial charge on any atom is -0.346 e. The molecule has 2 unspecified atom stereocenters. The summed E-state index contributed by atoms with van der Waals surface area (Å²) < 4.78 is 0. The van der Waals surface area contributed by atoms with Crippen LogP contribution < -0.4 is 0 Å². The van der Waals surface area contributed by atoms with Crippen molar-refractivity contribution in [2.24, 2.45) is 11.3 Å². The first kappa shape index (κ1) is 15.1. The van der Waals surface area contributed by atoms with E-state index in [9.17, 15) is 9.59 Å². The lowest BCUT2D eigenvalue weighted by molar-refractivity contribution is -0.160. The Hall–Kier alpha value is -1.84. The number of piperidine rings is 1. The molecule has 3 rings (SSSR count). The van der Waals surface area contributed by atoms with Crippen LogP contribution in [0.1, 0.15) is 38.3 Å². The Balaban J connectivity index is 1.77. The minimum atomic E-state index is -0.147. The highest BCUT2D eigenvalue weighted by atomic mass is 16.2. The molecule has 22 heavy (non-hydrogen) atoms. The maximum atomic E-state index is 12.9. The van der Waals surface area contributed by atoms with E-state index >= 15 is 0 Å². The third kappa shape index (κ3) is 2.51. The van der Waals surface area contributed by atoms with Crippen LogP contribution in [0.25, 0.3) is 0 Å². The van der Waals surface area contributed by atoms with Crippen LogP contribution in [0.3, 0.4) is 0 Å². The Morgan fingerprint density at radius 1 is 1.23 bits per heavy atom. The fourth-order valence-electron chi connectivity index (χ4n) is 3.79. The van der Waals surface area contributed by atoms with Gasteiger partial charge in [0.15, 0.2) is 0 Å². The van der Waals surface area contributed by atoms with Gasteiger partial charge in [-0.2, -0.15) is 0 Å². The highest BCUT2D eigenvalue weighted by Crippen LogP contribution is 2.49. The van der Waals surface area contributed by atoms with Gasteiger partial charge in [-0.05, 0) is 12.0 Å². The number of benzene rings is 1. The molecular weight excluding hydrogens is 276 g/mol. The number of hydrogen-bond acceptors (Lipinski definition) is 2. The maximum Gasteiger partial charge on any atom is 0.226 e. The summed E-state index contributed by atoms with van der Waals surface area (Å²) in [5.74, 6) is 0.0845. The van der Waals surface area contributed by atoms with Crippen LogP contribution in [0.5, 0.6) is 0 Å². The van der Waals surface area contributed by atoms with E-state index in [0.717, 1.165) is 13.0 Å². The summed E-state index contributed by atoms with van der Waals surface area (Å²) in [4.78, 5) is 28.4. The zero-order chi connectivity index (χ0) is 15.9. The molecule has 0 aromatic heterocycles. The van der Waals surface area contributed by atoms with Crippen LogP contribution in [0.2, 0.25) is 0 Å². The molecule has 0 radical (unpaired) electrons. The van der Waals surface area contributed by atoms with Crippen molar-refractivity contribution < 1.29 is 9.59 Å². The first-order valence-electron chi connectivity index (χ1n) is 7.99. The van der Waals surface area contributed by atoms with Gasteiger partial charge >= 0.3 is 0 Å². The standard InChI is InChI=1S/C18H24N2O2/c1-18(2)12-20(16(18)13-7-5-4-6-8-13)17(22)14-9-10-19(3)15(21)11-14/h4-8,14,16H,9-12H2,1-3H3. The molecule has 0 bridgehead atoms. The predicted molar refractivity (Wildman–Crippen MR) is 85.0 cm³/mol. The minimum absolute atomic E-state index is 0.0839. The normalized spacial score (nSPS) is 27.5. The maximum absolute atomic E-state index is 12.9. The van der Waals surface area contributed by atoms with Crippen molar-refractivity contribution in [2.45, 2.75) is 32.7 Å². The van der Waals surface area contributed by atoms with E-state index in [2.05, 4.69) is 26.0 Å². The van der Waals surface area contributed by atoms with Gasteiger partial charge in [0.2, 0.25) is 11.8 Å². The van der Waals surface area contributed by atoms with Crippen molar-refractivity contribution in [1.82, 2.24) is 9.80 Å². The zero-order valence-corrected chi connectivity index (χ0v) is 13.6. The van der Waals surface area contributed by atoms with Crippen LogP contribution in [0.15, 0.2) is 30.3 Å². The van der Waals surface area contributed by atoms with Gasteiger partial charge in [0, 0.05) is 37.9 Å². The average Bonchev–Trinajstić information content (AvgIpc) is 2.48. The summed E-state index contributed by atoms with van der Waals surface area (Å²) in [5, 5.41) is 0. The summed E-state index contributed by atoms with van der Waals surface area (Å²) in [7, 11) is 1.81. The van der Waals surface area contributed by atoms with Crippen molar-refractivity contribution >= 4 is 11.8 Å². The third-order valence-corrected chi connectivity index (χ3v) is 5.04. The molecule has 1 aromatic rings. The molecular formula is C18H24N2O2. The Labute approximate surface area is 132 Å². The van der Waals surface area contributed by atoms with Crippen LogP contribution in [0.4, 0.5) is 0 Å². The summed E-state index contributed by atoms with van der Waals surface area (Å²) in [6.45, 7) is 5.86. The number of carbonyl (C=O) groups is 2. The number of carbonyl (C=O) groups excluding carboxylic acids is 2. The zero-order valence-electron chi connectivity index (χ0n) is 13.6. The largest absolute Gasteiger partial charge is 0.346 e. The van der Waals surface area contributed by atoms with Gasteiger partial charge in [0.25, 0.3) is 0 Å². The van der Waals surface area contributed by atoms with Gasteiger partial charge < -0.3 is 9.80 Å². The molecule has 2 fully saturated rings. The lowest BCUT2D eigenvalue weighted by atomic mass is 9.71. The first-order valence-corrected chi connectivity index (χ1v) is 7.99. The van der Waals surface area contributed by atoms with Gasteiger partial charge in [-0.1, -0.05) is 44.2 Å². The van der Waals surface area contributed by atoms with Crippen molar-refractivity contribution in [2.75, 3.05) is 20.1 Å². The fourth-order valence-corrected chi connectivity index (χ4v) is 3.79. The molecule has 2 heterocycles. The topological polar surface area (TPSA) is 40.6 Å². The number of likely N-dealkylation sites (tertiary alicyclic amines) is 2. The van der Waals surface area contributed by atoms with E-state index in [1.54, 1.807) is 4.90 Å². The molecule has 0 spiro atoms. The van der Waals surface area contributed by atoms with Gasteiger partial charge in [-0.25, -0.2) is 0 Å². The van der Waals surface area contributed by atoms with Crippen molar-refractivity contribution in [1.29, 1.82) is 0 Å². The predicted octanol–water partition coefficient (Wildman–Crippen LogP) is 2.46. The molecule has 118 valence electrons. The second kappa shape index (κ2) is 5.41. The lowest BCUT2D eigenvalue weighted by Crippen LogP contribution is -2.60. The summed E-state index contributed by atoms with van der Waals surface area (Å²) in [6, 6.07) is 10.3. The SMILES string of the molecule is CN1CCC(C(=O)N2CC(C)(C)C2c2ccccc2)CC1=O. The number of nitrogens with zero attached hydrogens (tertiary/aromatic N) is 2. The van der Waals surface area contributed by atoms with Gasteiger partial charge in [-0.3, -0.25) is 9.59 Å². The second-order valence-electron chi connectivity index (χ2n) is 7.27. The van der Waals surface area contributed by atoms with E-state index in [4.69, 9.17) is 0 Å². The van der Waals surface area contributed by atoms with Crippen LogP contribution in [-0.2, 0) is 9.59 Å². The smallest absolute Gasteiger partial charge is 0.226 e. The molecule has 2 atom stereocenters. The van der Waals surface area contributed by atoms with E-state index in [1.165, 1.54) is 5.56 Å². The molecule has 0 saturated carbocycles. The second-order valence-corrected chi connectivity index (χ2v) is 7.27. The van der Waals surface area contributed by atoms with Crippen molar-refractivity contribution in [3.63, 3.8) is 0 Å². The summed E-state index contributed by atoms with van der Waals surface area (Å²) >= 11 is 0. The highest BCUT2D eigenvalue weighted by Gasteiger charge is 2.50.